The number of hydrogen-bond acceptors (Lipinski definition) is 4. The van der Waals surface area contributed by atoms with Crippen molar-refractivity contribution in [1.82, 2.24) is 0 Å². The lowest BCUT2D eigenvalue weighted by atomic mass is 10.1. The van der Waals surface area contributed by atoms with Crippen LogP contribution in [-0.4, -0.2) is 25.1 Å². The second-order valence-corrected chi connectivity index (χ2v) is 5.89. The second-order valence-electron chi connectivity index (χ2n) is 4.97. The van der Waals surface area contributed by atoms with Gasteiger partial charge in [-0.2, -0.15) is 0 Å². The molecule has 24 heavy (non-hydrogen) atoms. The summed E-state index contributed by atoms with van der Waals surface area (Å²) in [7, 11) is 0. The molecule has 5 nitrogen and oxygen atoms in total. The summed E-state index contributed by atoms with van der Waals surface area (Å²) in [5, 5.41) is 2.66. The zero-order chi connectivity index (χ0) is 17.4. The Hall–Kier alpha value is -2.34. The lowest BCUT2D eigenvalue weighted by molar-refractivity contribution is -0.146. The summed E-state index contributed by atoms with van der Waals surface area (Å²) in [5.74, 6) is -0.0778. The summed E-state index contributed by atoms with van der Waals surface area (Å²) in [6.07, 6.45) is 0.109. The van der Waals surface area contributed by atoms with Gasteiger partial charge in [-0.15, -0.1) is 0 Å². The maximum Gasteiger partial charge on any atom is 0.310 e. The minimum absolute atomic E-state index is 0.109. The highest BCUT2D eigenvalue weighted by Gasteiger charge is 2.09. The van der Waals surface area contributed by atoms with E-state index in [1.165, 1.54) is 0 Å². The fourth-order valence-electron chi connectivity index (χ4n) is 1.96. The summed E-state index contributed by atoms with van der Waals surface area (Å²) >= 11 is 3.32. The number of nitrogens with one attached hydrogen (secondary N) is 1. The Balaban J connectivity index is 1.75. The molecule has 0 aliphatic heterocycles. The monoisotopic (exact) mass is 391 g/mol. The summed E-state index contributed by atoms with van der Waals surface area (Å²) in [6.45, 7) is 2.19. The number of ether oxygens (including phenoxy) is 2. The van der Waals surface area contributed by atoms with E-state index < -0.39 is 5.97 Å². The SMILES string of the molecule is CCOc1ccc(CC(=O)OCC(=O)Nc2ccc(Br)cc2)cc1. The molecule has 0 unspecified atom stereocenters. The maximum absolute atomic E-state index is 11.8. The van der Waals surface area contributed by atoms with Gasteiger partial charge in [-0.05, 0) is 48.9 Å². The first-order valence-electron chi connectivity index (χ1n) is 7.49. The number of anilines is 1. The number of esters is 1. The van der Waals surface area contributed by atoms with E-state index in [2.05, 4.69) is 21.2 Å². The van der Waals surface area contributed by atoms with E-state index in [0.717, 1.165) is 15.8 Å². The van der Waals surface area contributed by atoms with Crippen LogP contribution in [0.1, 0.15) is 12.5 Å². The summed E-state index contributed by atoms with van der Waals surface area (Å²) < 4.78 is 11.2. The molecule has 0 aromatic heterocycles. The van der Waals surface area contributed by atoms with E-state index in [-0.39, 0.29) is 18.9 Å². The molecule has 2 aromatic carbocycles. The summed E-state index contributed by atoms with van der Waals surface area (Å²) in [4.78, 5) is 23.5. The van der Waals surface area contributed by atoms with Crippen LogP contribution in [-0.2, 0) is 20.7 Å². The molecule has 0 saturated carbocycles. The summed E-state index contributed by atoms with van der Waals surface area (Å²) in [6, 6.07) is 14.3. The molecule has 6 heteroatoms. The predicted octanol–water partition coefficient (Wildman–Crippen LogP) is 3.57. The van der Waals surface area contributed by atoms with Crippen LogP contribution in [0.15, 0.2) is 53.0 Å². The number of halogens is 1. The van der Waals surface area contributed by atoms with Crippen LogP contribution < -0.4 is 10.1 Å². The first-order valence-corrected chi connectivity index (χ1v) is 8.29. The quantitative estimate of drug-likeness (QED) is 0.732. The smallest absolute Gasteiger partial charge is 0.310 e. The molecule has 126 valence electrons. The van der Waals surface area contributed by atoms with E-state index in [4.69, 9.17) is 9.47 Å². The van der Waals surface area contributed by atoms with Gasteiger partial charge in [0.15, 0.2) is 6.61 Å². The highest BCUT2D eigenvalue weighted by Crippen LogP contribution is 2.14. The van der Waals surface area contributed by atoms with Gasteiger partial charge in [0.25, 0.3) is 5.91 Å². The molecule has 0 bridgehead atoms. The zero-order valence-corrected chi connectivity index (χ0v) is 14.8. The molecule has 0 spiro atoms. The number of benzene rings is 2. The maximum atomic E-state index is 11.8. The third-order valence-electron chi connectivity index (χ3n) is 3.08. The molecule has 0 fully saturated rings. The van der Waals surface area contributed by atoms with Gasteiger partial charge in [0, 0.05) is 10.2 Å². The fourth-order valence-corrected chi connectivity index (χ4v) is 2.23. The minimum atomic E-state index is -0.454. The number of carbonyl (C=O) groups excluding carboxylic acids is 2. The number of hydrogen-bond donors (Lipinski definition) is 1. The van der Waals surface area contributed by atoms with Crippen molar-refractivity contribution in [2.45, 2.75) is 13.3 Å². The normalized spacial score (nSPS) is 10.1. The van der Waals surface area contributed by atoms with E-state index in [0.29, 0.717) is 12.3 Å². The van der Waals surface area contributed by atoms with Crippen molar-refractivity contribution in [3.8, 4) is 5.75 Å². The molecular formula is C18H18BrNO4. The van der Waals surface area contributed by atoms with Crippen LogP contribution in [0.25, 0.3) is 0 Å². The summed E-state index contributed by atoms with van der Waals surface area (Å²) in [5.41, 5.74) is 1.45. The van der Waals surface area contributed by atoms with Crippen molar-refractivity contribution in [2.75, 3.05) is 18.5 Å². The average Bonchev–Trinajstić information content (AvgIpc) is 2.57. The van der Waals surface area contributed by atoms with Gasteiger partial charge in [0.2, 0.25) is 0 Å². The molecule has 0 aliphatic carbocycles. The van der Waals surface area contributed by atoms with Crippen molar-refractivity contribution in [3.63, 3.8) is 0 Å². The number of amides is 1. The van der Waals surface area contributed by atoms with Crippen LogP contribution in [0.4, 0.5) is 5.69 Å². The molecule has 2 rings (SSSR count). The average molecular weight is 392 g/mol. The topological polar surface area (TPSA) is 64.6 Å². The van der Waals surface area contributed by atoms with Crippen molar-refractivity contribution in [1.29, 1.82) is 0 Å². The standard InChI is InChI=1S/C18H18BrNO4/c1-2-23-16-9-3-13(4-10-16)11-18(22)24-12-17(21)20-15-7-5-14(19)6-8-15/h3-10H,2,11-12H2,1H3,(H,20,21). The Morgan fingerprint density at radius 1 is 1.04 bits per heavy atom. The van der Waals surface area contributed by atoms with Crippen molar-refractivity contribution in [2.24, 2.45) is 0 Å². The largest absolute Gasteiger partial charge is 0.494 e. The van der Waals surface area contributed by atoms with Crippen molar-refractivity contribution >= 4 is 33.5 Å². The Morgan fingerprint density at radius 3 is 2.33 bits per heavy atom. The Kier molecular flexibility index (Phi) is 6.81. The van der Waals surface area contributed by atoms with Crippen LogP contribution in [0.3, 0.4) is 0 Å². The van der Waals surface area contributed by atoms with Gasteiger partial charge in [0.1, 0.15) is 5.75 Å². The van der Waals surface area contributed by atoms with Crippen LogP contribution in [0, 0.1) is 0 Å². The van der Waals surface area contributed by atoms with Gasteiger partial charge in [-0.1, -0.05) is 28.1 Å². The van der Waals surface area contributed by atoms with Crippen molar-refractivity contribution < 1.29 is 19.1 Å². The van der Waals surface area contributed by atoms with Gasteiger partial charge in [-0.3, -0.25) is 9.59 Å². The first kappa shape index (κ1) is 18.0. The molecule has 0 radical (unpaired) electrons. The zero-order valence-electron chi connectivity index (χ0n) is 13.3. The lowest BCUT2D eigenvalue weighted by Crippen LogP contribution is -2.21. The van der Waals surface area contributed by atoms with Gasteiger partial charge < -0.3 is 14.8 Å². The Morgan fingerprint density at radius 2 is 1.71 bits per heavy atom. The fraction of sp³-hybridized carbons (Fsp3) is 0.222. The minimum Gasteiger partial charge on any atom is -0.494 e. The van der Waals surface area contributed by atoms with E-state index >= 15 is 0 Å². The molecule has 1 amide bonds. The molecule has 2 aromatic rings. The molecule has 0 atom stereocenters. The molecule has 1 N–H and O–H groups in total. The second kappa shape index (κ2) is 9.08. The van der Waals surface area contributed by atoms with Gasteiger partial charge in [-0.25, -0.2) is 0 Å². The molecular weight excluding hydrogens is 374 g/mol. The predicted molar refractivity (Wildman–Crippen MR) is 95.0 cm³/mol. The highest BCUT2D eigenvalue weighted by atomic mass is 79.9. The first-order chi connectivity index (χ1) is 11.6. The van der Waals surface area contributed by atoms with Crippen LogP contribution >= 0.6 is 15.9 Å². The Bertz CT molecular complexity index is 683. The highest BCUT2D eigenvalue weighted by molar-refractivity contribution is 9.10. The third kappa shape index (κ3) is 6.04. The van der Waals surface area contributed by atoms with Gasteiger partial charge >= 0.3 is 5.97 Å². The number of carbonyl (C=O) groups is 2. The third-order valence-corrected chi connectivity index (χ3v) is 3.60. The van der Waals surface area contributed by atoms with E-state index in [1.807, 2.05) is 19.1 Å². The molecule has 0 aliphatic rings. The number of rotatable bonds is 7. The van der Waals surface area contributed by atoms with Crippen molar-refractivity contribution in [3.05, 3.63) is 58.6 Å². The lowest BCUT2D eigenvalue weighted by Gasteiger charge is -2.07. The van der Waals surface area contributed by atoms with E-state index in [1.54, 1.807) is 36.4 Å². The Labute approximate surface area is 149 Å². The van der Waals surface area contributed by atoms with E-state index in [9.17, 15) is 9.59 Å². The van der Waals surface area contributed by atoms with Crippen LogP contribution in [0.5, 0.6) is 5.75 Å². The molecule has 0 saturated heterocycles. The van der Waals surface area contributed by atoms with Gasteiger partial charge in [0.05, 0.1) is 13.0 Å². The van der Waals surface area contributed by atoms with Crippen LogP contribution in [0.2, 0.25) is 0 Å². The molecule has 0 heterocycles.